The van der Waals surface area contributed by atoms with Crippen LogP contribution in [0.3, 0.4) is 0 Å². The summed E-state index contributed by atoms with van der Waals surface area (Å²) in [7, 11) is 0. The summed E-state index contributed by atoms with van der Waals surface area (Å²) in [5.74, 6) is -0.427. The summed E-state index contributed by atoms with van der Waals surface area (Å²) in [5.41, 5.74) is 0.783. The van der Waals surface area contributed by atoms with Crippen LogP contribution in [0.2, 0.25) is 0 Å². The highest BCUT2D eigenvalue weighted by atomic mass is 79.9. The van der Waals surface area contributed by atoms with Gasteiger partial charge < -0.3 is 19.4 Å². The average Bonchev–Trinajstić information content (AvgIpc) is 2.47. The number of carbonyl (C=O) groups excluding carboxylic acids is 1. The van der Waals surface area contributed by atoms with Crippen LogP contribution < -0.4 is 4.21 Å². The smallest absolute Gasteiger partial charge is 0.302 e. The van der Waals surface area contributed by atoms with Crippen molar-refractivity contribution in [1.29, 1.82) is 0 Å². The van der Waals surface area contributed by atoms with Crippen LogP contribution in [0, 0.1) is 10.4 Å². The maximum absolute atomic E-state index is 11.7. The fourth-order valence-electron chi connectivity index (χ4n) is 1.63. The van der Waals surface area contributed by atoms with Crippen molar-refractivity contribution in [2.45, 2.75) is 12.2 Å². The molecule has 0 radical (unpaired) electrons. The second-order valence-electron chi connectivity index (χ2n) is 3.60. The van der Waals surface area contributed by atoms with Gasteiger partial charge in [0, 0.05) is 23.0 Å². The van der Waals surface area contributed by atoms with E-state index in [0.29, 0.717) is 17.5 Å². The lowest BCUT2D eigenvalue weighted by Crippen LogP contribution is -2.23. The van der Waals surface area contributed by atoms with E-state index < -0.39 is 15.4 Å². The molecule has 0 amide bonds. The molecular weight excluding hydrogens is 310 g/mol. The van der Waals surface area contributed by atoms with Gasteiger partial charge in [-0.2, -0.15) is 0 Å². The first-order valence-corrected chi connectivity index (χ1v) is 6.46. The number of nitrogens with zero attached hydrogens (tertiary/aromatic N) is 1. The van der Waals surface area contributed by atoms with Crippen molar-refractivity contribution < 1.29 is 9.53 Å². The number of benzene rings is 1. The van der Waals surface area contributed by atoms with E-state index >= 15 is 0 Å². The van der Waals surface area contributed by atoms with E-state index in [2.05, 4.69) is 15.9 Å². The minimum absolute atomic E-state index is 0.0356. The number of rotatable bonds is 2. The minimum atomic E-state index is -1.74. The Morgan fingerprint density at radius 3 is 2.94 bits per heavy atom. The molecule has 0 spiro atoms. The van der Waals surface area contributed by atoms with E-state index in [9.17, 15) is 15.2 Å². The van der Waals surface area contributed by atoms with Gasteiger partial charge in [0.25, 0.3) is 0 Å². The summed E-state index contributed by atoms with van der Waals surface area (Å²) < 4.78 is 3.90. The van der Waals surface area contributed by atoms with Gasteiger partial charge in [0.1, 0.15) is 17.5 Å². The Balaban J connectivity index is 2.29. The van der Waals surface area contributed by atoms with Crippen LogP contribution in [-0.4, -0.2) is 12.6 Å². The molecule has 1 aromatic carbocycles. The monoisotopic (exact) mass is 318 g/mol. The zero-order chi connectivity index (χ0) is 12.6. The predicted molar refractivity (Wildman–Crippen MR) is 69.6 cm³/mol. The number of ether oxygens (including phenoxy) is 1. The molecule has 92 valence electrons. The molecule has 1 aromatic rings. The maximum Gasteiger partial charge on any atom is 0.302 e. The summed E-state index contributed by atoms with van der Waals surface area (Å²) in [4.78, 5) is 10.7. The van der Waals surface area contributed by atoms with E-state index in [4.69, 9.17) is 4.74 Å². The molecule has 0 aliphatic carbocycles. The zero-order valence-corrected chi connectivity index (χ0v) is 11.3. The van der Waals surface area contributed by atoms with E-state index in [1.807, 2.05) is 0 Å². The van der Waals surface area contributed by atoms with Gasteiger partial charge in [-0.05, 0) is 12.1 Å². The number of hydrogen-bond donors (Lipinski definition) is 0. The molecule has 0 saturated carbocycles. The van der Waals surface area contributed by atoms with E-state index in [1.165, 1.54) is 13.0 Å². The molecule has 0 aromatic heterocycles. The van der Waals surface area contributed by atoms with Gasteiger partial charge in [-0.15, -0.1) is 0 Å². The molecule has 0 N–H and O–H groups in total. The van der Waals surface area contributed by atoms with Crippen LogP contribution in [0.1, 0.15) is 17.7 Å². The SMILES string of the molecule is CC(=O)OCC1S[N+]([O-])([O-])c2ccc(Br)cc21. The van der Waals surface area contributed by atoms with Crippen LogP contribution in [-0.2, 0) is 9.53 Å². The third-order valence-electron chi connectivity index (χ3n) is 2.34. The van der Waals surface area contributed by atoms with Crippen LogP contribution in [0.15, 0.2) is 22.7 Å². The molecule has 1 aliphatic rings. The molecule has 0 fully saturated rings. The first-order chi connectivity index (χ1) is 7.90. The van der Waals surface area contributed by atoms with Gasteiger partial charge in [0.2, 0.25) is 0 Å². The normalized spacial score (nSPS) is 21.1. The van der Waals surface area contributed by atoms with Gasteiger partial charge in [-0.1, -0.05) is 15.9 Å². The minimum Gasteiger partial charge on any atom is -0.614 e. The number of quaternary nitrogens is 1. The largest absolute Gasteiger partial charge is 0.614 e. The van der Waals surface area contributed by atoms with Crippen molar-refractivity contribution >= 4 is 39.5 Å². The number of carbonyl (C=O) groups is 1. The lowest BCUT2D eigenvalue weighted by molar-refractivity contribution is -0.140. The zero-order valence-electron chi connectivity index (χ0n) is 8.88. The highest BCUT2D eigenvalue weighted by Gasteiger charge is 2.36. The molecule has 7 heteroatoms. The van der Waals surface area contributed by atoms with Gasteiger partial charge in [0.05, 0.1) is 11.9 Å². The molecule has 2 rings (SSSR count). The molecule has 1 heterocycles. The van der Waals surface area contributed by atoms with Crippen molar-refractivity contribution in [3.05, 3.63) is 38.6 Å². The van der Waals surface area contributed by atoms with E-state index in [-0.39, 0.29) is 12.3 Å². The second-order valence-corrected chi connectivity index (χ2v) is 5.77. The fraction of sp³-hybridized carbons (Fsp3) is 0.300. The van der Waals surface area contributed by atoms with Gasteiger partial charge in [-0.25, -0.2) is 0 Å². The van der Waals surface area contributed by atoms with Crippen molar-refractivity contribution in [2.24, 2.45) is 0 Å². The van der Waals surface area contributed by atoms with Gasteiger partial charge in [0.15, 0.2) is 0 Å². The van der Waals surface area contributed by atoms with E-state index in [1.54, 1.807) is 12.1 Å². The fourth-order valence-corrected chi connectivity index (χ4v) is 3.05. The Hall–Kier alpha value is -0.600. The Kier molecular flexibility index (Phi) is 3.46. The molecule has 1 unspecified atom stereocenters. The Morgan fingerprint density at radius 2 is 2.29 bits per heavy atom. The third kappa shape index (κ3) is 2.63. The first kappa shape index (κ1) is 12.8. The molecule has 1 atom stereocenters. The summed E-state index contributed by atoms with van der Waals surface area (Å²) in [6, 6.07) is 4.86. The van der Waals surface area contributed by atoms with Gasteiger partial charge >= 0.3 is 5.97 Å². The van der Waals surface area contributed by atoms with Crippen LogP contribution >= 0.6 is 27.9 Å². The summed E-state index contributed by atoms with van der Waals surface area (Å²) in [6.07, 6.45) is 0. The Bertz CT molecular complexity index is 466. The van der Waals surface area contributed by atoms with Crippen molar-refractivity contribution in [3.8, 4) is 0 Å². The number of esters is 1. The molecule has 17 heavy (non-hydrogen) atoms. The molecule has 0 bridgehead atoms. The van der Waals surface area contributed by atoms with Crippen LogP contribution in [0.5, 0.6) is 0 Å². The van der Waals surface area contributed by atoms with Crippen LogP contribution in [0.4, 0.5) is 5.69 Å². The Labute approximate surface area is 111 Å². The average molecular weight is 319 g/mol. The quantitative estimate of drug-likeness (QED) is 0.363. The lowest BCUT2D eigenvalue weighted by Gasteiger charge is -2.39. The summed E-state index contributed by atoms with van der Waals surface area (Å²) in [5, 5.41) is 22.9. The van der Waals surface area contributed by atoms with Crippen LogP contribution in [0.25, 0.3) is 0 Å². The second kappa shape index (κ2) is 4.58. The highest BCUT2D eigenvalue weighted by molar-refractivity contribution is 9.10. The molecule has 0 saturated heterocycles. The van der Waals surface area contributed by atoms with Crippen molar-refractivity contribution in [3.63, 3.8) is 0 Å². The Morgan fingerprint density at radius 1 is 1.59 bits per heavy atom. The van der Waals surface area contributed by atoms with Gasteiger partial charge in [-0.3, -0.25) is 4.79 Å². The molecular formula is C10H9BrNO4S-. The number of hydrogen-bond acceptors (Lipinski definition) is 5. The molecule has 1 aliphatic heterocycles. The standard InChI is InChI=1S/C10H9BrNO4S/c1-6(13)16-5-10-8-4-7(11)2-3-9(8)12(14,15)17-10/h2-4,10H,5H2,1H3/q-1. The van der Waals surface area contributed by atoms with Crippen molar-refractivity contribution in [2.75, 3.05) is 6.61 Å². The lowest BCUT2D eigenvalue weighted by atomic mass is 10.1. The topological polar surface area (TPSA) is 72.4 Å². The number of fused-ring (bicyclic) bond motifs is 1. The first-order valence-electron chi connectivity index (χ1n) is 4.83. The van der Waals surface area contributed by atoms with E-state index in [0.717, 1.165) is 4.47 Å². The van der Waals surface area contributed by atoms with Crippen molar-refractivity contribution in [1.82, 2.24) is 4.21 Å². The third-order valence-corrected chi connectivity index (χ3v) is 3.95. The summed E-state index contributed by atoms with van der Waals surface area (Å²) in [6.45, 7) is 1.33. The molecule has 5 nitrogen and oxygen atoms in total. The highest BCUT2D eigenvalue weighted by Crippen LogP contribution is 2.52. The summed E-state index contributed by atoms with van der Waals surface area (Å²) >= 11 is 3.96. The number of halogens is 1. The maximum atomic E-state index is 11.7. The predicted octanol–water partition coefficient (Wildman–Crippen LogP) is 3.02.